The van der Waals surface area contributed by atoms with Crippen LogP contribution in [0.3, 0.4) is 0 Å². The maximum Gasteiger partial charge on any atom is 0.357 e. The van der Waals surface area contributed by atoms with E-state index in [0.717, 1.165) is 5.56 Å². The Hall–Kier alpha value is -3.38. The second-order valence-corrected chi connectivity index (χ2v) is 6.04. The average molecular weight is 366 g/mol. The van der Waals surface area contributed by atoms with E-state index in [9.17, 15) is 9.90 Å². The lowest BCUT2D eigenvalue weighted by molar-refractivity contribution is 0.0691. The molecule has 130 valence electrons. The van der Waals surface area contributed by atoms with Gasteiger partial charge < -0.3 is 5.11 Å². The molecule has 0 saturated heterocycles. The molecular formula is C17H14N6O2S. The molecular weight excluding hydrogens is 352 g/mol. The first kappa shape index (κ1) is 17.4. The maximum atomic E-state index is 11.6. The first-order valence-electron chi connectivity index (χ1n) is 7.48. The number of carboxylic acids is 1. The SMILES string of the molecule is CSC(=Nc1cccc(-c2ccnc3c2c(C(=O)O)nn3C)c1)NC#N. The highest BCUT2D eigenvalue weighted by Gasteiger charge is 2.19. The average Bonchev–Trinajstić information content (AvgIpc) is 2.99. The van der Waals surface area contributed by atoms with E-state index >= 15 is 0 Å². The van der Waals surface area contributed by atoms with Gasteiger partial charge in [0.2, 0.25) is 0 Å². The molecule has 0 aliphatic heterocycles. The molecule has 0 radical (unpaired) electrons. The van der Waals surface area contributed by atoms with Crippen molar-refractivity contribution >= 4 is 39.6 Å². The third-order valence-electron chi connectivity index (χ3n) is 3.67. The van der Waals surface area contributed by atoms with Crippen molar-refractivity contribution in [2.24, 2.45) is 12.0 Å². The summed E-state index contributed by atoms with van der Waals surface area (Å²) in [4.78, 5) is 20.2. The molecule has 0 bridgehead atoms. The highest BCUT2D eigenvalue weighted by molar-refractivity contribution is 8.13. The lowest BCUT2D eigenvalue weighted by atomic mass is 10.0. The van der Waals surface area contributed by atoms with E-state index in [1.54, 1.807) is 25.4 Å². The minimum absolute atomic E-state index is 0.0459. The summed E-state index contributed by atoms with van der Waals surface area (Å²) >= 11 is 1.32. The molecule has 3 rings (SSSR count). The van der Waals surface area contributed by atoms with Gasteiger partial charge in [0.25, 0.3) is 0 Å². The highest BCUT2D eigenvalue weighted by atomic mass is 32.2. The maximum absolute atomic E-state index is 11.6. The molecule has 2 aromatic heterocycles. The number of pyridine rings is 1. The van der Waals surface area contributed by atoms with Crippen molar-refractivity contribution < 1.29 is 9.90 Å². The Bertz CT molecular complexity index is 1070. The summed E-state index contributed by atoms with van der Waals surface area (Å²) in [6.45, 7) is 0. The fraction of sp³-hybridized carbons (Fsp3) is 0.118. The molecule has 0 spiro atoms. The monoisotopic (exact) mass is 366 g/mol. The van der Waals surface area contributed by atoms with Gasteiger partial charge in [-0.2, -0.15) is 10.4 Å². The Kier molecular flexibility index (Phi) is 4.86. The molecule has 9 heteroatoms. The lowest BCUT2D eigenvalue weighted by Gasteiger charge is -2.06. The highest BCUT2D eigenvalue weighted by Crippen LogP contribution is 2.32. The number of aromatic carboxylic acids is 1. The van der Waals surface area contributed by atoms with Gasteiger partial charge in [-0.1, -0.05) is 23.9 Å². The molecule has 8 nitrogen and oxygen atoms in total. The quantitative estimate of drug-likeness (QED) is 0.317. The zero-order valence-electron chi connectivity index (χ0n) is 14.0. The number of nitrogens with zero attached hydrogens (tertiary/aromatic N) is 5. The fourth-order valence-corrected chi connectivity index (χ4v) is 2.94. The number of thioether (sulfide) groups is 1. The number of benzene rings is 1. The number of rotatable bonds is 3. The van der Waals surface area contributed by atoms with Crippen molar-refractivity contribution in [3.8, 4) is 17.3 Å². The molecule has 1 aromatic carbocycles. The molecule has 0 atom stereocenters. The number of hydrogen-bond donors (Lipinski definition) is 2. The summed E-state index contributed by atoms with van der Waals surface area (Å²) in [6.07, 6.45) is 5.28. The topological polar surface area (TPSA) is 116 Å². The van der Waals surface area contributed by atoms with Crippen molar-refractivity contribution in [2.45, 2.75) is 0 Å². The number of carbonyl (C=O) groups is 1. The Morgan fingerprint density at radius 1 is 1.42 bits per heavy atom. The summed E-state index contributed by atoms with van der Waals surface area (Å²) < 4.78 is 1.45. The normalized spacial score (nSPS) is 11.3. The number of hydrogen-bond acceptors (Lipinski definition) is 6. The van der Waals surface area contributed by atoms with Gasteiger partial charge in [0.1, 0.15) is 0 Å². The zero-order chi connectivity index (χ0) is 18.7. The fourth-order valence-electron chi connectivity index (χ4n) is 2.60. The van der Waals surface area contributed by atoms with Crippen molar-refractivity contribution in [3.63, 3.8) is 0 Å². The number of amidine groups is 1. The van der Waals surface area contributed by atoms with Gasteiger partial charge in [-0.05, 0) is 35.6 Å². The Labute approximate surface area is 153 Å². The number of nitrogens with one attached hydrogen (secondary N) is 1. The third-order valence-corrected chi connectivity index (χ3v) is 4.25. The van der Waals surface area contributed by atoms with E-state index in [1.807, 2.05) is 30.6 Å². The van der Waals surface area contributed by atoms with Crippen LogP contribution < -0.4 is 5.32 Å². The molecule has 3 aromatic rings. The molecule has 26 heavy (non-hydrogen) atoms. The molecule has 0 aliphatic carbocycles. The van der Waals surface area contributed by atoms with Crippen LogP contribution in [0, 0.1) is 11.5 Å². The van der Waals surface area contributed by atoms with Crippen LogP contribution in [-0.2, 0) is 7.05 Å². The molecule has 0 fully saturated rings. The first-order valence-corrected chi connectivity index (χ1v) is 8.71. The second kappa shape index (κ2) is 7.25. The van der Waals surface area contributed by atoms with Crippen molar-refractivity contribution in [1.82, 2.24) is 20.1 Å². The minimum Gasteiger partial charge on any atom is -0.476 e. The van der Waals surface area contributed by atoms with Crippen LogP contribution in [-0.4, -0.2) is 37.3 Å². The number of aliphatic imine (C=N–C) groups is 1. The van der Waals surface area contributed by atoms with E-state index < -0.39 is 5.97 Å². The van der Waals surface area contributed by atoms with Crippen LogP contribution >= 0.6 is 11.8 Å². The Morgan fingerprint density at radius 2 is 2.23 bits per heavy atom. The number of aromatic nitrogens is 3. The second-order valence-electron chi connectivity index (χ2n) is 5.24. The molecule has 2 N–H and O–H groups in total. The number of carboxylic acid groups (broad SMARTS) is 1. The van der Waals surface area contributed by atoms with Crippen LogP contribution in [0.25, 0.3) is 22.2 Å². The smallest absolute Gasteiger partial charge is 0.357 e. The third kappa shape index (κ3) is 3.22. The summed E-state index contributed by atoms with van der Waals surface area (Å²) in [7, 11) is 1.66. The summed E-state index contributed by atoms with van der Waals surface area (Å²) in [5.41, 5.74) is 2.57. The molecule has 2 heterocycles. The molecule has 0 aliphatic rings. The van der Waals surface area contributed by atoms with E-state index in [2.05, 4.69) is 20.4 Å². The van der Waals surface area contributed by atoms with Gasteiger partial charge in [-0.25, -0.2) is 19.5 Å². The van der Waals surface area contributed by atoms with Gasteiger partial charge in [-0.3, -0.25) is 5.32 Å². The summed E-state index contributed by atoms with van der Waals surface area (Å²) in [5.74, 6) is -1.11. The predicted octanol–water partition coefficient (Wildman–Crippen LogP) is 2.75. The van der Waals surface area contributed by atoms with E-state index in [-0.39, 0.29) is 5.69 Å². The Morgan fingerprint density at radius 3 is 2.92 bits per heavy atom. The molecule has 0 saturated carbocycles. The van der Waals surface area contributed by atoms with Gasteiger partial charge in [0.05, 0.1) is 11.1 Å². The predicted molar refractivity (Wildman–Crippen MR) is 100 cm³/mol. The zero-order valence-corrected chi connectivity index (χ0v) is 14.8. The molecule has 0 amide bonds. The summed E-state index contributed by atoms with van der Waals surface area (Å²) in [6, 6.07) is 9.06. The minimum atomic E-state index is -1.11. The van der Waals surface area contributed by atoms with Crippen molar-refractivity contribution in [1.29, 1.82) is 5.26 Å². The number of fused-ring (bicyclic) bond motifs is 1. The molecule has 0 unspecified atom stereocenters. The van der Waals surface area contributed by atoms with Gasteiger partial charge in [0.15, 0.2) is 22.7 Å². The first-order chi connectivity index (χ1) is 12.5. The number of aryl methyl sites for hydroxylation is 1. The summed E-state index contributed by atoms with van der Waals surface area (Å²) in [5, 5.41) is 25.7. The van der Waals surface area contributed by atoms with Gasteiger partial charge >= 0.3 is 5.97 Å². The van der Waals surface area contributed by atoms with Crippen LogP contribution in [0.15, 0.2) is 41.5 Å². The van der Waals surface area contributed by atoms with E-state index in [0.29, 0.717) is 27.5 Å². The largest absolute Gasteiger partial charge is 0.476 e. The van der Waals surface area contributed by atoms with Gasteiger partial charge in [0, 0.05) is 13.2 Å². The van der Waals surface area contributed by atoms with Gasteiger partial charge in [-0.15, -0.1) is 0 Å². The van der Waals surface area contributed by atoms with Crippen molar-refractivity contribution in [2.75, 3.05) is 6.26 Å². The Balaban J connectivity index is 2.18. The van der Waals surface area contributed by atoms with Crippen LogP contribution in [0.5, 0.6) is 0 Å². The van der Waals surface area contributed by atoms with Crippen LogP contribution in [0.4, 0.5) is 5.69 Å². The van der Waals surface area contributed by atoms with Crippen LogP contribution in [0.2, 0.25) is 0 Å². The van der Waals surface area contributed by atoms with Crippen molar-refractivity contribution in [3.05, 3.63) is 42.2 Å². The van der Waals surface area contributed by atoms with E-state index in [1.165, 1.54) is 16.4 Å². The van der Waals surface area contributed by atoms with E-state index in [4.69, 9.17) is 5.26 Å². The van der Waals surface area contributed by atoms with Crippen LogP contribution in [0.1, 0.15) is 10.5 Å². The lowest BCUT2D eigenvalue weighted by Crippen LogP contribution is -2.12. The number of nitriles is 1. The standard InChI is InChI=1S/C17H14N6O2S/c1-23-15-13(14(22-23)16(24)25)12(6-7-19-15)10-4-3-5-11(8-10)21-17(26-2)20-9-18/h3-8H,1-2H3,(H,20,21)(H,24,25).